The van der Waals surface area contributed by atoms with Crippen molar-refractivity contribution in [2.75, 3.05) is 0 Å². The molecule has 1 unspecified atom stereocenters. The highest BCUT2D eigenvalue weighted by atomic mass is 79.9. The summed E-state index contributed by atoms with van der Waals surface area (Å²) in [5, 5.41) is 11.0. The van der Waals surface area contributed by atoms with E-state index in [0.717, 1.165) is 4.47 Å². The van der Waals surface area contributed by atoms with Crippen molar-refractivity contribution in [2.45, 2.75) is 5.60 Å². The number of halogens is 2. The molecule has 0 heterocycles. The summed E-state index contributed by atoms with van der Waals surface area (Å²) >= 11 is 9.38. The Morgan fingerprint density at radius 3 is 2.37 bits per heavy atom. The summed E-state index contributed by atoms with van der Waals surface area (Å²) in [6, 6.07) is 13.3. The Kier molecular flexibility index (Phi) is 3.94. The standard InChI is InChI=1S/C14H11BrClNO2/c15-10-6-7-11(12(16)8-10)14(19,13(17)18)9-4-2-1-3-5-9/h1-8,19H,(H2,17,18). The van der Waals surface area contributed by atoms with Crippen molar-refractivity contribution < 1.29 is 9.90 Å². The molecule has 0 aliphatic carbocycles. The second-order valence-corrected chi connectivity index (χ2v) is 5.39. The quantitative estimate of drug-likeness (QED) is 0.902. The summed E-state index contributed by atoms with van der Waals surface area (Å²) in [4.78, 5) is 11.8. The first-order valence-electron chi connectivity index (χ1n) is 5.49. The van der Waals surface area contributed by atoms with E-state index in [9.17, 15) is 9.90 Å². The highest BCUT2D eigenvalue weighted by Crippen LogP contribution is 2.35. The fourth-order valence-electron chi connectivity index (χ4n) is 1.89. The number of carbonyl (C=O) groups excluding carboxylic acids is 1. The number of rotatable bonds is 3. The molecule has 0 saturated carbocycles. The molecular weight excluding hydrogens is 330 g/mol. The minimum absolute atomic E-state index is 0.260. The Labute approximate surface area is 124 Å². The van der Waals surface area contributed by atoms with E-state index in [0.29, 0.717) is 5.56 Å². The molecule has 0 saturated heterocycles. The predicted octanol–water partition coefficient (Wildman–Crippen LogP) is 2.82. The van der Waals surface area contributed by atoms with E-state index in [2.05, 4.69) is 15.9 Å². The van der Waals surface area contributed by atoms with Gasteiger partial charge in [0.05, 0.1) is 0 Å². The molecule has 5 heteroatoms. The van der Waals surface area contributed by atoms with Gasteiger partial charge < -0.3 is 10.8 Å². The van der Waals surface area contributed by atoms with Gasteiger partial charge in [-0.15, -0.1) is 0 Å². The highest BCUT2D eigenvalue weighted by molar-refractivity contribution is 9.10. The van der Waals surface area contributed by atoms with Crippen molar-refractivity contribution >= 4 is 33.4 Å². The molecule has 0 aliphatic rings. The van der Waals surface area contributed by atoms with Gasteiger partial charge in [0.15, 0.2) is 5.60 Å². The first-order chi connectivity index (χ1) is 8.96. The number of aliphatic hydroxyl groups is 1. The van der Waals surface area contributed by atoms with Gasteiger partial charge in [0.2, 0.25) is 0 Å². The van der Waals surface area contributed by atoms with Gasteiger partial charge in [-0.3, -0.25) is 4.79 Å². The van der Waals surface area contributed by atoms with E-state index in [1.165, 1.54) is 0 Å². The van der Waals surface area contributed by atoms with Crippen molar-refractivity contribution in [1.29, 1.82) is 0 Å². The van der Waals surface area contributed by atoms with Crippen LogP contribution in [0.2, 0.25) is 5.02 Å². The van der Waals surface area contributed by atoms with Gasteiger partial charge in [-0.05, 0) is 17.7 Å². The molecule has 0 aliphatic heterocycles. The van der Waals surface area contributed by atoms with E-state index in [-0.39, 0.29) is 10.6 Å². The maximum atomic E-state index is 11.8. The SMILES string of the molecule is NC(=O)C(O)(c1ccccc1)c1ccc(Br)cc1Cl. The molecule has 0 bridgehead atoms. The maximum Gasteiger partial charge on any atom is 0.258 e. The number of hydrogen-bond donors (Lipinski definition) is 2. The van der Waals surface area contributed by atoms with Crippen LogP contribution in [0.15, 0.2) is 53.0 Å². The van der Waals surface area contributed by atoms with Crippen LogP contribution in [0.1, 0.15) is 11.1 Å². The Balaban J connectivity index is 2.67. The minimum atomic E-state index is -1.95. The lowest BCUT2D eigenvalue weighted by atomic mass is 9.85. The first kappa shape index (κ1) is 14.1. The van der Waals surface area contributed by atoms with Gasteiger partial charge >= 0.3 is 0 Å². The lowest BCUT2D eigenvalue weighted by molar-refractivity contribution is -0.133. The maximum absolute atomic E-state index is 11.8. The van der Waals surface area contributed by atoms with Crippen LogP contribution >= 0.6 is 27.5 Å². The molecule has 0 spiro atoms. The molecule has 98 valence electrons. The van der Waals surface area contributed by atoms with Crippen LogP contribution in [-0.2, 0) is 10.4 Å². The number of primary amides is 1. The van der Waals surface area contributed by atoms with E-state index in [4.69, 9.17) is 17.3 Å². The lowest BCUT2D eigenvalue weighted by Crippen LogP contribution is -2.42. The smallest absolute Gasteiger partial charge is 0.258 e. The summed E-state index contributed by atoms with van der Waals surface area (Å²) in [6.07, 6.45) is 0. The molecule has 0 radical (unpaired) electrons. The van der Waals surface area contributed by atoms with Crippen LogP contribution in [0.5, 0.6) is 0 Å². The normalized spacial score (nSPS) is 13.8. The summed E-state index contributed by atoms with van der Waals surface area (Å²) in [5.74, 6) is -0.872. The van der Waals surface area contributed by atoms with Crippen LogP contribution in [0.3, 0.4) is 0 Å². The molecule has 0 aromatic heterocycles. The van der Waals surface area contributed by atoms with E-state index in [1.54, 1.807) is 48.5 Å². The molecule has 0 fully saturated rings. The molecule has 1 amide bonds. The summed E-state index contributed by atoms with van der Waals surface area (Å²) in [6.45, 7) is 0. The van der Waals surface area contributed by atoms with Gasteiger partial charge in [-0.25, -0.2) is 0 Å². The van der Waals surface area contributed by atoms with Crippen LogP contribution in [0, 0.1) is 0 Å². The summed E-state index contributed by atoms with van der Waals surface area (Å²) < 4.78 is 0.751. The fraction of sp³-hybridized carbons (Fsp3) is 0.0714. The van der Waals surface area contributed by atoms with E-state index < -0.39 is 11.5 Å². The van der Waals surface area contributed by atoms with Crippen LogP contribution in [0.4, 0.5) is 0 Å². The number of hydrogen-bond acceptors (Lipinski definition) is 2. The Hall–Kier alpha value is -1.36. The van der Waals surface area contributed by atoms with E-state index >= 15 is 0 Å². The Morgan fingerprint density at radius 1 is 1.21 bits per heavy atom. The third-order valence-electron chi connectivity index (χ3n) is 2.87. The zero-order chi connectivity index (χ0) is 14.0. The average molecular weight is 341 g/mol. The fourth-order valence-corrected chi connectivity index (χ4v) is 2.70. The predicted molar refractivity (Wildman–Crippen MR) is 77.8 cm³/mol. The largest absolute Gasteiger partial charge is 0.372 e. The van der Waals surface area contributed by atoms with Crippen LogP contribution in [-0.4, -0.2) is 11.0 Å². The molecular formula is C14H11BrClNO2. The van der Waals surface area contributed by atoms with Crippen molar-refractivity contribution in [3.05, 3.63) is 69.2 Å². The Morgan fingerprint density at radius 2 is 1.84 bits per heavy atom. The topological polar surface area (TPSA) is 63.3 Å². The molecule has 19 heavy (non-hydrogen) atoms. The van der Waals surface area contributed by atoms with Crippen molar-refractivity contribution in [3.63, 3.8) is 0 Å². The number of nitrogens with two attached hydrogens (primary N) is 1. The van der Waals surface area contributed by atoms with Crippen molar-refractivity contribution in [2.24, 2.45) is 5.73 Å². The van der Waals surface area contributed by atoms with Crippen molar-refractivity contribution in [1.82, 2.24) is 0 Å². The Bertz CT molecular complexity index is 618. The van der Waals surface area contributed by atoms with Gasteiger partial charge in [0.1, 0.15) is 0 Å². The zero-order valence-electron chi connectivity index (χ0n) is 9.81. The lowest BCUT2D eigenvalue weighted by Gasteiger charge is -2.26. The first-order valence-corrected chi connectivity index (χ1v) is 6.66. The average Bonchev–Trinajstić information content (AvgIpc) is 2.38. The summed E-state index contributed by atoms with van der Waals surface area (Å²) in [7, 11) is 0. The van der Waals surface area contributed by atoms with Gasteiger partial charge in [-0.1, -0.05) is 63.9 Å². The molecule has 3 N–H and O–H groups in total. The van der Waals surface area contributed by atoms with Crippen molar-refractivity contribution in [3.8, 4) is 0 Å². The molecule has 2 aromatic carbocycles. The third-order valence-corrected chi connectivity index (χ3v) is 3.68. The molecule has 2 aromatic rings. The second-order valence-electron chi connectivity index (χ2n) is 4.06. The number of amides is 1. The molecule has 3 nitrogen and oxygen atoms in total. The number of benzene rings is 2. The van der Waals surface area contributed by atoms with Gasteiger partial charge in [0, 0.05) is 15.1 Å². The van der Waals surface area contributed by atoms with Gasteiger partial charge in [0.25, 0.3) is 5.91 Å². The second kappa shape index (κ2) is 5.33. The highest BCUT2D eigenvalue weighted by Gasteiger charge is 2.39. The monoisotopic (exact) mass is 339 g/mol. The van der Waals surface area contributed by atoms with E-state index in [1.807, 2.05) is 0 Å². The third kappa shape index (κ3) is 2.52. The molecule has 1 atom stereocenters. The minimum Gasteiger partial charge on any atom is -0.372 e. The number of carbonyl (C=O) groups is 1. The van der Waals surface area contributed by atoms with Gasteiger partial charge in [-0.2, -0.15) is 0 Å². The van der Waals surface area contributed by atoms with Crippen LogP contribution in [0.25, 0.3) is 0 Å². The van der Waals surface area contributed by atoms with Crippen LogP contribution < -0.4 is 5.73 Å². The zero-order valence-corrected chi connectivity index (χ0v) is 12.1. The molecule has 2 rings (SSSR count). The summed E-state index contributed by atoms with van der Waals surface area (Å²) in [5.41, 5.74) is 4.08.